The van der Waals surface area contributed by atoms with Crippen molar-refractivity contribution in [3.63, 3.8) is 0 Å². The second-order valence-electron chi connectivity index (χ2n) is 8.19. The van der Waals surface area contributed by atoms with E-state index in [0.717, 1.165) is 10.2 Å². The summed E-state index contributed by atoms with van der Waals surface area (Å²) in [5.74, 6) is -1.48. The predicted octanol–water partition coefficient (Wildman–Crippen LogP) is 2.43. The Morgan fingerprint density at radius 3 is 1.92 bits per heavy atom. The van der Waals surface area contributed by atoms with Crippen LogP contribution >= 0.6 is 0 Å². The van der Waals surface area contributed by atoms with Crippen molar-refractivity contribution in [3.05, 3.63) is 136 Å². The fraction of sp³-hybridized carbons (Fsp3) is 0.0741. The number of hydrogen-bond donors (Lipinski definition) is 2. The Morgan fingerprint density at radius 2 is 1.33 bits per heavy atom. The molecule has 0 atom stereocenters. The van der Waals surface area contributed by atoms with Crippen LogP contribution in [0.15, 0.2) is 108 Å². The highest BCUT2D eigenvalue weighted by Crippen LogP contribution is 2.35. The van der Waals surface area contributed by atoms with Crippen LogP contribution in [-0.2, 0) is 16.9 Å². The van der Waals surface area contributed by atoms with Crippen LogP contribution in [0, 0.1) is 0 Å². The standard InChI is InChI=1S/C27H21N5O4/c33-23-17-16-22(29-31(23)18-19-10-4-1-5-11-19)24(34)30-32-25(35)27(28-26(32)36,20-12-6-2-7-13-20)21-14-8-3-9-15-21/h1-17H,18H2,(H,28,36)(H,30,34). The van der Waals surface area contributed by atoms with Crippen LogP contribution in [-0.4, -0.2) is 32.6 Å². The summed E-state index contributed by atoms with van der Waals surface area (Å²) >= 11 is 0. The van der Waals surface area contributed by atoms with Gasteiger partial charge >= 0.3 is 6.03 Å². The van der Waals surface area contributed by atoms with E-state index in [-0.39, 0.29) is 12.2 Å². The lowest BCUT2D eigenvalue weighted by molar-refractivity contribution is -0.131. The maximum Gasteiger partial charge on any atom is 0.344 e. The molecule has 178 valence electrons. The first kappa shape index (κ1) is 22.7. The lowest BCUT2D eigenvalue weighted by atomic mass is 9.83. The van der Waals surface area contributed by atoms with Crippen LogP contribution in [0.5, 0.6) is 0 Å². The molecule has 0 radical (unpaired) electrons. The van der Waals surface area contributed by atoms with Gasteiger partial charge in [-0.05, 0) is 22.8 Å². The molecule has 36 heavy (non-hydrogen) atoms. The smallest absolute Gasteiger partial charge is 0.314 e. The Hall–Kier alpha value is -5.05. The molecule has 0 unspecified atom stereocenters. The van der Waals surface area contributed by atoms with Crippen LogP contribution in [0.3, 0.4) is 0 Å². The lowest BCUT2D eigenvalue weighted by Crippen LogP contribution is -2.49. The zero-order chi connectivity index (χ0) is 25.1. The maximum atomic E-state index is 13.7. The molecule has 1 fully saturated rings. The molecule has 4 aromatic rings. The van der Waals surface area contributed by atoms with Crippen molar-refractivity contribution in [3.8, 4) is 0 Å². The number of carbonyl (C=O) groups excluding carboxylic acids is 3. The average molecular weight is 479 g/mol. The molecule has 0 spiro atoms. The van der Waals surface area contributed by atoms with Crippen molar-refractivity contribution in [2.75, 3.05) is 0 Å². The van der Waals surface area contributed by atoms with Gasteiger partial charge in [-0.25, -0.2) is 9.48 Å². The fourth-order valence-corrected chi connectivity index (χ4v) is 4.16. The largest absolute Gasteiger partial charge is 0.344 e. The second-order valence-corrected chi connectivity index (χ2v) is 8.19. The van der Waals surface area contributed by atoms with Gasteiger partial charge in [0.05, 0.1) is 6.54 Å². The number of carbonyl (C=O) groups is 3. The summed E-state index contributed by atoms with van der Waals surface area (Å²) in [5.41, 5.74) is 2.23. The van der Waals surface area contributed by atoms with Crippen molar-refractivity contribution in [2.45, 2.75) is 12.1 Å². The van der Waals surface area contributed by atoms with Crippen LogP contribution in [0.1, 0.15) is 27.2 Å². The summed E-state index contributed by atoms with van der Waals surface area (Å²) in [7, 11) is 0. The van der Waals surface area contributed by atoms with E-state index in [1.807, 2.05) is 30.3 Å². The van der Waals surface area contributed by atoms with E-state index in [1.165, 1.54) is 12.1 Å². The molecule has 9 nitrogen and oxygen atoms in total. The van der Waals surface area contributed by atoms with Crippen molar-refractivity contribution in [2.24, 2.45) is 0 Å². The topological polar surface area (TPSA) is 113 Å². The molecule has 9 heteroatoms. The van der Waals surface area contributed by atoms with Crippen LogP contribution in [0.2, 0.25) is 0 Å². The molecule has 0 aliphatic carbocycles. The van der Waals surface area contributed by atoms with Crippen LogP contribution in [0.25, 0.3) is 0 Å². The zero-order valence-electron chi connectivity index (χ0n) is 19.0. The normalized spacial score (nSPS) is 14.4. The number of hydrazine groups is 1. The number of imide groups is 1. The summed E-state index contributed by atoms with van der Waals surface area (Å²) in [6, 6.07) is 28.5. The van der Waals surface area contributed by atoms with Gasteiger partial charge in [0.25, 0.3) is 17.4 Å². The Morgan fingerprint density at radius 1 is 0.778 bits per heavy atom. The Labute approximate surface area is 206 Å². The Bertz CT molecular complexity index is 1450. The van der Waals surface area contributed by atoms with E-state index in [2.05, 4.69) is 15.8 Å². The van der Waals surface area contributed by atoms with E-state index >= 15 is 0 Å². The van der Waals surface area contributed by atoms with Gasteiger partial charge in [0.1, 0.15) is 0 Å². The first-order chi connectivity index (χ1) is 17.5. The van der Waals surface area contributed by atoms with E-state index in [9.17, 15) is 19.2 Å². The van der Waals surface area contributed by atoms with Gasteiger partial charge in [-0.2, -0.15) is 10.1 Å². The first-order valence-corrected chi connectivity index (χ1v) is 11.2. The monoisotopic (exact) mass is 479 g/mol. The van der Waals surface area contributed by atoms with Gasteiger partial charge in [-0.1, -0.05) is 91.0 Å². The molecule has 2 heterocycles. The summed E-state index contributed by atoms with van der Waals surface area (Å²) in [4.78, 5) is 52.0. The van der Waals surface area contributed by atoms with E-state index < -0.39 is 28.9 Å². The number of rotatable bonds is 6. The number of aromatic nitrogens is 2. The molecule has 1 aliphatic rings. The van der Waals surface area contributed by atoms with Gasteiger partial charge in [0.2, 0.25) is 0 Å². The summed E-state index contributed by atoms with van der Waals surface area (Å²) < 4.78 is 1.15. The van der Waals surface area contributed by atoms with Crippen molar-refractivity contribution >= 4 is 17.8 Å². The van der Waals surface area contributed by atoms with Gasteiger partial charge in [-0.3, -0.25) is 19.8 Å². The highest BCUT2D eigenvalue weighted by molar-refractivity contribution is 6.11. The predicted molar refractivity (Wildman–Crippen MR) is 131 cm³/mol. The number of nitrogens with zero attached hydrogens (tertiary/aromatic N) is 3. The van der Waals surface area contributed by atoms with Gasteiger partial charge in [0.15, 0.2) is 11.2 Å². The summed E-state index contributed by atoms with van der Waals surface area (Å²) in [6.45, 7) is 0.162. The molecule has 1 aromatic heterocycles. The third kappa shape index (κ3) is 4.03. The van der Waals surface area contributed by atoms with Crippen LogP contribution in [0.4, 0.5) is 4.79 Å². The number of benzene rings is 3. The Kier molecular flexibility index (Phi) is 5.87. The molecule has 3 aromatic carbocycles. The highest BCUT2D eigenvalue weighted by atomic mass is 16.2. The van der Waals surface area contributed by atoms with Crippen LogP contribution < -0.4 is 16.3 Å². The van der Waals surface area contributed by atoms with Gasteiger partial charge in [0, 0.05) is 6.07 Å². The van der Waals surface area contributed by atoms with E-state index in [4.69, 9.17) is 0 Å². The second kappa shape index (κ2) is 9.30. The fourth-order valence-electron chi connectivity index (χ4n) is 4.16. The average Bonchev–Trinajstić information content (AvgIpc) is 3.17. The number of hydrogen-bond acceptors (Lipinski definition) is 5. The number of amides is 4. The number of nitrogens with one attached hydrogen (secondary N) is 2. The minimum atomic E-state index is -1.52. The molecule has 2 N–H and O–H groups in total. The van der Waals surface area contributed by atoms with Crippen molar-refractivity contribution in [1.29, 1.82) is 0 Å². The minimum Gasteiger partial charge on any atom is -0.314 e. The third-order valence-electron chi connectivity index (χ3n) is 5.92. The highest BCUT2D eigenvalue weighted by Gasteiger charge is 2.54. The minimum absolute atomic E-state index is 0.122. The molecule has 4 amide bonds. The third-order valence-corrected chi connectivity index (χ3v) is 5.92. The molecule has 0 saturated carbocycles. The SMILES string of the molecule is O=C(NN1C(=O)NC(c2ccccc2)(c2ccccc2)C1=O)c1ccc(=O)n(Cc2ccccc2)n1. The van der Waals surface area contributed by atoms with Gasteiger partial charge in [-0.15, -0.1) is 0 Å². The first-order valence-electron chi connectivity index (χ1n) is 11.2. The zero-order valence-corrected chi connectivity index (χ0v) is 19.0. The molecule has 1 aliphatic heterocycles. The van der Waals surface area contributed by atoms with Crippen molar-refractivity contribution in [1.82, 2.24) is 25.5 Å². The number of urea groups is 1. The van der Waals surface area contributed by atoms with Gasteiger partial charge < -0.3 is 5.32 Å². The maximum absolute atomic E-state index is 13.7. The molecule has 1 saturated heterocycles. The summed E-state index contributed by atoms with van der Waals surface area (Å²) in [5, 5.41) is 7.54. The van der Waals surface area contributed by atoms with Crippen molar-refractivity contribution < 1.29 is 14.4 Å². The molecular formula is C27H21N5O4. The van der Waals surface area contributed by atoms with E-state index in [0.29, 0.717) is 16.1 Å². The van der Waals surface area contributed by atoms with E-state index in [1.54, 1.807) is 60.7 Å². The lowest BCUT2D eigenvalue weighted by Gasteiger charge is -2.27. The Balaban J connectivity index is 1.45. The molecule has 0 bridgehead atoms. The molecule has 5 rings (SSSR count). The molecular weight excluding hydrogens is 458 g/mol. The summed E-state index contributed by atoms with van der Waals surface area (Å²) in [6.07, 6.45) is 0. The quantitative estimate of drug-likeness (QED) is 0.413.